The van der Waals surface area contributed by atoms with E-state index >= 15 is 0 Å². The molecule has 3 aromatic rings. The third-order valence-corrected chi connectivity index (χ3v) is 12.5. The van der Waals surface area contributed by atoms with Crippen LogP contribution >= 0.6 is 22.9 Å². The van der Waals surface area contributed by atoms with Gasteiger partial charge in [0.25, 0.3) is 0 Å². The number of nitrogen functional groups attached to an aromatic ring is 1. The summed E-state index contributed by atoms with van der Waals surface area (Å²) in [5, 5.41) is 10.6. The predicted octanol–water partition coefficient (Wildman–Crippen LogP) is 4.99. The van der Waals surface area contributed by atoms with E-state index in [0.29, 0.717) is 53.6 Å². The van der Waals surface area contributed by atoms with Crippen LogP contribution in [0.25, 0.3) is 11.5 Å². The van der Waals surface area contributed by atoms with Crippen LogP contribution in [-0.2, 0) is 16.6 Å². The fraction of sp³-hybridized carbons (Fsp3) is 0.545. The van der Waals surface area contributed by atoms with E-state index in [9.17, 15) is 10.1 Å². The molecule has 3 aromatic heterocycles. The molecule has 5 heterocycles. The van der Waals surface area contributed by atoms with Gasteiger partial charge in [0.05, 0.1) is 11.1 Å². The zero-order chi connectivity index (χ0) is 31.5. The fourth-order valence-electron chi connectivity index (χ4n) is 7.73. The van der Waals surface area contributed by atoms with Crippen LogP contribution in [0.3, 0.4) is 0 Å². The lowest BCUT2D eigenvalue weighted by Gasteiger charge is -2.42. The van der Waals surface area contributed by atoms with E-state index in [-0.39, 0.29) is 23.0 Å². The normalized spacial score (nSPS) is 24.7. The Morgan fingerprint density at radius 3 is 2.78 bits per heavy atom. The number of hydrogen-bond donors (Lipinski definition) is 1. The first-order valence-electron chi connectivity index (χ1n) is 15.9. The summed E-state index contributed by atoms with van der Waals surface area (Å²) in [4.78, 5) is 31.5. The first-order chi connectivity index (χ1) is 21.7. The topological polar surface area (TPSA) is 124 Å². The van der Waals surface area contributed by atoms with Crippen LogP contribution < -0.4 is 15.4 Å². The number of thiophene rings is 1. The number of amides is 1. The number of likely N-dealkylation sites (tertiary alicyclic amines) is 1. The second-order valence-corrected chi connectivity index (χ2v) is 15.2. The number of anilines is 2. The van der Waals surface area contributed by atoms with Gasteiger partial charge in [-0.05, 0) is 94.7 Å². The first kappa shape index (κ1) is 30.1. The van der Waals surface area contributed by atoms with Crippen molar-refractivity contribution in [2.24, 2.45) is 0 Å². The molecule has 7 rings (SSSR count). The highest BCUT2D eigenvalue weighted by Gasteiger charge is 2.53. The minimum Gasteiger partial charge on any atom is -0.473 e. The Kier molecular flexibility index (Phi) is 7.61. The van der Waals surface area contributed by atoms with Crippen LogP contribution in [0, 0.1) is 11.3 Å². The Hall–Kier alpha value is -3.53. The SMILES string of the molecule is C=CC(=O)N1CCN(c2cc(O[C@@H](C)[C@@H]3CCCN3C)nc(-c3cc([C@@]4(C)CCCc5sc(N)c(C#N)c54)sn3)n2)CC12CC2. The van der Waals surface area contributed by atoms with E-state index in [2.05, 4.69) is 49.4 Å². The standard InChI is InChI=1S/C33H40N8O2S2/c1-5-28(42)41-15-14-40(19-33(41)11-12-33)26-17-27(43-20(2)23-8-7-13-39(23)4)37-31(36-26)22-16-25(45-38-22)32(3)10-6-9-24-29(32)21(18-34)30(35)44-24/h5,16-17,20,23H,1,6-15,19,35H2,2-4H3/t20-,23-,32+/m0/s1. The van der Waals surface area contributed by atoms with Crippen LogP contribution in [0.15, 0.2) is 24.8 Å². The van der Waals surface area contributed by atoms with Gasteiger partial charge < -0.3 is 20.3 Å². The summed E-state index contributed by atoms with van der Waals surface area (Å²) in [5.41, 5.74) is 8.14. The van der Waals surface area contributed by atoms with Crippen molar-refractivity contribution < 1.29 is 9.53 Å². The van der Waals surface area contributed by atoms with Gasteiger partial charge in [-0.15, -0.1) is 11.3 Å². The maximum Gasteiger partial charge on any atom is 0.246 e. The monoisotopic (exact) mass is 644 g/mol. The molecule has 1 saturated carbocycles. The number of nitriles is 1. The minimum absolute atomic E-state index is 0.00430. The highest BCUT2D eigenvalue weighted by Crippen LogP contribution is 2.50. The van der Waals surface area contributed by atoms with E-state index in [1.54, 1.807) is 11.3 Å². The molecule has 2 aliphatic heterocycles. The van der Waals surface area contributed by atoms with Gasteiger partial charge >= 0.3 is 0 Å². The number of nitrogens with two attached hydrogens (primary N) is 1. The van der Waals surface area contributed by atoms with E-state index in [1.165, 1.54) is 22.5 Å². The van der Waals surface area contributed by atoms with Crippen molar-refractivity contribution in [3.8, 4) is 23.5 Å². The first-order valence-corrected chi connectivity index (χ1v) is 17.5. The number of hydrogen-bond acceptors (Lipinski definition) is 11. The summed E-state index contributed by atoms with van der Waals surface area (Å²) in [6.45, 7) is 11.1. The maximum absolute atomic E-state index is 12.6. The molecule has 12 heteroatoms. The van der Waals surface area contributed by atoms with Crippen molar-refractivity contribution in [1.29, 1.82) is 5.26 Å². The van der Waals surface area contributed by atoms with Crippen LogP contribution in [0.2, 0.25) is 0 Å². The quantitative estimate of drug-likeness (QED) is 0.355. The molecular formula is C33H40N8O2S2. The van der Waals surface area contributed by atoms with Crippen molar-refractivity contribution >= 4 is 39.6 Å². The largest absolute Gasteiger partial charge is 0.473 e. The Labute approximate surface area is 272 Å². The molecule has 2 saturated heterocycles. The van der Waals surface area contributed by atoms with Gasteiger partial charge in [-0.2, -0.15) is 14.6 Å². The zero-order valence-electron chi connectivity index (χ0n) is 26.2. The van der Waals surface area contributed by atoms with Crippen LogP contribution in [-0.4, -0.2) is 81.0 Å². The number of carbonyl (C=O) groups excluding carboxylic acids is 1. The lowest BCUT2D eigenvalue weighted by atomic mass is 9.71. The molecule has 45 heavy (non-hydrogen) atoms. The molecule has 0 radical (unpaired) electrons. The lowest BCUT2D eigenvalue weighted by molar-refractivity contribution is -0.129. The van der Waals surface area contributed by atoms with Gasteiger partial charge in [0.1, 0.15) is 28.7 Å². The second kappa shape index (κ2) is 11.4. The number of aryl methyl sites for hydroxylation is 1. The van der Waals surface area contributed by atoms with Crippen LogP contribution in [0.1, 0.15) is 73.3 Å². The molecule has 3 fully saturated rings. The Morgan fingerprint density at radius 1 is 1.24 bits per heavy atom. The number of piperazine rings is 1. The number of aromatic nitrogens is 3. The van der Waals surface area contributed by atoms with E-state index in [0.717, 1.165) is 67.7 Å². The minimum atomic E-state index is -0.354. The van der Waals surface area contributed by atoms with Gasteiger partial charge in [0.15, 0.2) is 5.82 Å². The molecule has 2 N–H and O–H groups in total. The van der Waals surface area contributed by atoms with Gasteiger partial charge in [-0.1, -0.05) is 13.5 Å². The molecule has 1 amide bonds. The lowest BCUT2D eigenvalue weighted by Crippen LogP contribution is -2.57. The molecule has 0 aromatic carbocycles. The predicted molar refractivity (Wildman–Crippen MR) is 178 cm³/mol. The fourth-order valence-corrected chi connectivity index (χ4v) is 9.82. The molecule has 4 aliphatic rings. The van der Waals surface area contributed by atoms with Crippen molar-refractivity contribution in [3.63, 3.8) is 0 Å². The number of fused-ring (bicyclic) bond motifs is 1. The summed E-state index contributed by atoms with van der Waals surface area (Å²) in [7, 11) is 2.15. The summed E-state index contributed by atoms with van der Waals surface area (Å²) >= 11 is 2.99. The molecule has 0 bridgehead atoms. The molecule has 10 nitrogen and oxygen atoms in total. The molecule has 1 spiro atoms. The third kappa shape index (κ3) is 5.19. The van der Waals surface area contributed by atoms with Crippen LogP contribution in [0.4, 0.5) is 10.8 Å². The van der Waals surface area contributed by atoms with Crippen molar-refractivity contribution in [2.45, 2.75) is 81.9 Å². The van der Waals surface area contributed by atoms with Gasteiger partial charge in [-0.3, -0.25) is 9.69 Å². The summed E-state index contributed by atoms with van der Waals surface area (Å²) in [6, 6.07) is 6.75. The Balaban J connectivity index is 1.24. The number of ether oxygens (including phenoxy) is 1. The number of likely N-dealkylation sites (N-methyl/N-ethyl adjacent to an activating group) is 1. The average molecular weight is 645 g/mol. The zero-order valence-corrected chi connectivity index (χ0v) is 27.8. The van der Waals surface area contributed by atoms with E-state index in [4.69, 9.17) is 24.8 Å². The van der Waals surface area contributed by atoms with Crippen molar-refractivity contribution in [1.82, 2.24) is 24.1 Å². The smallest absolute Gasteiger partial charge is 0.246 e. The second-order valence-electron chi connectivity index (χ2n) is 13.3. The number of carbonyl (C=O) groups is 1. The Bertz CT molecular complexity index is 1690. The van der Waals surface area contributed by atoms with E-state index in [1.807, 2.05) is 11.0 Å². The van der Waals surface area contributed by atoms with Gasteiger partial charge in [0.2, 0.25) is 11.8 Å². The van der Waals surface area contributed by atoms with E-state index < -0.39 is 0 Å². The number of nitrogens with zero attached hydrogens (tertiary/aromatic N) is 7. The average Bonchev–Trinajstić information content (AvgIpc) is 3.36. The molecule has 2 aliphatic carbocycles. The highest BCUT2D eigenvalue weighted by atomic mass is 32.1. The van der Waals surface area contributed by atoms with Gasteiger partial charge in [0, 0.05) is 46.9 Å². The summed E-state index contributed by atoms with van der Waals surface area (Å²) in [5.74, 6) is 1.85. The molecular weight excluding hydrogens is 605 g/mol. The van der Waals surface area contributed by atoms with Crippen molar-refractivity contribution in [2.75, 3.05) is 43.9 Å². The van der Waals surface area contributed by atoms with Gasteiger partial charge in [-0.25, -0.2) is 4.98 Å². The summed E-state index contributed by atoms with van der Waals surface area (Å²) < 4.78 is 11.4. The van der Waals surface area contributed by atoms with Crippen molar-refractivity contribution in [3.05, 3.63) is 45.7 Å². The van der Waals surface area contributed by atoms with Crippen LogP contribution in [0.5, 0.6) is 5.88 Å². The summed E-state index contributed by atoms with van der Waals surface area (Å²) in [6.07, 6.45) is 8.49. The highest BCUT2D eigenvalue weighted by molar-refractivity contribution is 7.16. The maximum atomic E-state index is 12.6. The third-order valence-electron chi connectivity index (χ3n) is 10.4. The molecule has 3 atom stereocenters. The molecule has 0 unspecified atom stereocenters. The Morgan fingerprint density at radius 2 is 2.07 bits per heavy atom. The molecule has 236 valence electrons. The number of rotatable bonds is 7.